The molecule has 170 valence electrons. The zero-order chi connectivity index (χ0) is 23.8. The average Bonchev–Trinajstić information content (AvgIpc) is 2.84. The molecule has 8 heteroatoms. The maximum atomic E-state index is 13.3. The number of aliphatic hydroxyl groups is 1. The van der Waals surface area contributed by atoms with Gasteiger partial charge in [0.2, 0.25) is 0 Å². The molecule has 34 heavy (non-hydrogen) atoms. The van der Waals surface area contributed by atoms with E-state index < -0.39 is 36.5 Å². The maximum Gasteiger partial charge on any atom is 0.494 e. The number of aromatic hydroxyl groups is 2. The van der Waals surface area contributed by atoms with Crippen LogP contribution in [-0.2, 0) is 15.7 Å². The minimum absolute atomic E-state index is 0.0407. The fourth-order valence-electron chi connectivity index (χ4n) is 5.47. The highest BCUT2D eigenvalue weighted by atomic mass is 16.6. The Bertz CT molecular complexity index is 1370. The van der Waals surface area contributed by atoms with Gasteiger partial charge in [-0.15, -0.1) is 0 Å². The lowest BCUT2D eigenvalue weighted by atomic mass is 9.66. The van der Waals surface area contributed by atoms with Gasteiger partial charge in [-0.25, -0.2) is 0 Å². The fraction of sp³-hybridized carbons (Fsp3) is 0.231. The van der Waals surface area contributed by atoms with Crippen LogP contribution < -0.4 is 5.46 Å². The SMILES string of the molecule is C[C@@H](O)[C@]12Cc3c(O)c4c(c(O)c3[C@H](C1)OB(c1ccccc1)O2)C(=O)c1ccccc1C4=O. The summed E-state index contributed by atoms with van der Waals surface area (Å²) in [4.78, 5) is 26.6. The van der Waals surface area contributed by atoms with Gasteiger partial charge in [0.25, 0.3) is 0 Å². The molecular weight excluding hydrogens is 435 g/mol. The number of fused-ring (bicyclic) bond motifs is 6. The van der Waals surface area contributed by atoms with E-state index in [0.29, 0.717) is 0 Å². The van der Waals surface area contributed by atoms with Crippen molar-refractivity contribution >= 4 is 24.1 Å². The van der Waals surface area contributed by atoms with Gasteiger partial charge >= 0.3 is 7.12 Å². The van der Waals surface area contributed by atoms with Gasteiger partial charge in [-0.3, -0.25) is 9.59 Å². The molecule has 3 aliphatic rings. The molecule has 0 saturated carbocycles. The number of carbonyl (C=O) groups excluding carboxylic acids is 2. The number of carbonyl (C=O) groups is 2. The molecule has 2 bridgehead atoms. The average molecular weight is 456 g/mol. The molecule has 1 fully saturated rings. The predicted molar refractivity (Wildman–Crippen MR) is 123 cm³/mol. The Morgan fingerprint density at radius 2 is 1.53 bits per heavy atom. The third-order valence-electron chi connectivity index (χ3n) is 7.25. The minimum Gasteiger partial charge on any atom is -0.507 e. The van der Waals surface area contributed by atoms with Crippen molar-refractivity contribution in [2.45, 2.75) is 37.6 Å². The summed E-state index contributed by atoms with van der Waals surface area (Å²) in [6, 6.07) is 15.6. The quantitative estimate of drug-likeness (QED) is 0.314. The Kier molecular flexibility index (Phi) is 4.51. The second-order valence-corrected chi connectivity index (χ2v) is 9.15. The van der Waals surface area contributed by atoms with Crippen LogP contribution in [0.3, 0.4) is 0 Å². The summed E-state index contributed by atoms with van der Waals surface area (Å²) in [5, 5.41) is 33.4. The van der Waals surface area contributed by atoms with Crippen LogP contribution in [0.15, 0.2) is 54.6 Å². The van der Waals surface area contributed by atoms with Gasteiger partial charge in [0.05, 0.1) is 28.9 Å². The molecule has 3 N–H and O–H groups in total. The molecular formula is C26H21BO7. The summed E-state index contributed by atoms with van der Waals surface area (Å²) in [6.45, 7) is 1.61. The molecule has 7 nitrogen and oxygen atoms in total. The van der Waals surface area contributed by atoms with E-state index in [4.69, 9.17) is 9.31 Å². The van der Waals surface area contributed by atoms with Crippen molar-refractivity contribution < 1.29 is 34.2 Å². The summed E-state index contributed by atoms with van der Waals surface area (Å²) in [7, 11) is -0.821. The predicted octanol–water partition coefficient (Wildman–Crippen LogP) is 2.42. The molecule has 1 heterocycles. The lowest BCUT2D eigenvalue weighted by Gasteiger charge is -2.50. The van der Waals surface area contributed by atoms with Gasteiger partial charge in [0, 0.05) is 35.1 Å². The van der Waals surface area contributed by atoms with E-state index in [9.17, 15) is 24.9 Å². The second-order valence-electron chi connectivity index (χ2n) is 9.15. The Balaban J connectivity index is 1.56. The normalized spacial score (nSPS) is 23.7. The van der Waals surface area contributed by atoms with Gasteiger partial charge < -0.3 is 24.6 Å². The van der Waals surface area contributed by atoms with Crippen LogP contribution in [0.2, 0.25) is 0 Å². The smallest absolute Gasteiger partial charge is 0.494 e. The van der Waals surface area contributed by atoms with E-state index >= 15 is 0 Å². The van der Waals surface area contributed by atoms with Crippen LogP contribution in [0.1, 0.15) is 62.4 Å². The Morgan fingerprint density at radius 1 is 0.941 bits per heavy atom. The molecule has 3 atom stereocenters. The van der Waals surface area contributed by atoms with Crippen LogP contribution in [0.25, 0.3) is 0 Å². The first-order valence-corrected chi connectivity index (χ1v) is 11.2. The number of ketones is 2. The third-order valence-corrected chi connectivity index (χ3v) is 7.25. The van der Waals surface area contributed by atoms with Crippen molar-refractivity contribution in [1.29, 1.82) is 0 Å². The van der Waals surface area contributed by atoms with Crippen LogP contribution in [-0.4, -0.2) is 45.7 Å². The van der Waals surface area contributed by atoms with Crippen LogP contribution >= 0.6 is 0 Å². The first kappa shape index (κ1) is 21.1. The first-order valence-electron chi connectivity index (χ1n) is 11.2. The Morgan fingerprint density at radius 3 is 2.15 bits per heavy atom. The molecule has 3 aromatic rings. The standard InChI is InChI=1S/C26H21BO7/c1-13(28)26-11-17-19(18(12-26)33-27(34-26)14-7-3-2-4-8-14)25(32)21-20(24(17)31)22(29)15-9-5-6-10-16(15)23(21)30/h2-10,13,18,28,31-32H,11-12H2,1H3/t13-,18+,26+/m1/s1. The molecule has 1 saturated heterocycles. The van der Waals surface area contributed by atoms with E-state index in [1.54, 1.807) is 19.1 Å². The van der Waals surface area contributed by atoms with E-state index in [1.807, 2.05) is 30.3 Å². The van der Waals surface area contributed by atoms with Crippen molar-refractivity contribution in [3.63, 3.8) is 0 Å². The van der Waals surface area contributed by atoms with Crippen LogP contribution in [0.4, 0.5) is 0 Å². The zero-order valence-electron chi connectivity index (χ0n) is 18.3. The largest absolute Gasteiger partial charge is 0.507 e. The molecule has 0 spiro atoms. The minimum atomic E-state index is -1.12. The highest BCUT2D eigenvalue weighted by Crippen LogP contribution is 2.54. The van der Waals surface area contributed by atoms with E-state index in [-0.39, 0.29) is 57.7 Å². The number of rotatable bonds is 2. The molecule has 6 rings (SSSR count). The van der Waals surface area contributed by atoms with Crippen LogP contribution in [0, 0.1) is 0 Å². The maximum absolute atomic E-state index is 13.3. The summed E-state index contributed by atoms with van der Waals surface area (Å²) in [5.41, 5.74) is 0.0524. The monoisotopic (exact) mass is 456 g/mol. The lowest BCUT2D eigenvalue weighted by molar-refractivity contribution is -0.124. The summed E-state index contributed by atoms with van der Waals surface area (Å²) >= 11 is 0. The van der Waals surface area contributed by atoms with Crippen molar-refractivity contribution in [1.82, 2.24) is 0 Å². The first-order chi connectivity index (χ1) is 16.3. The number of aliphatic hydroxyl groups excluding tert-OH is 1. The van der Waals surface area contributed by atoms with Gasteiger partial charge in [-0.05, 0) is 12.4 Å². The number of hydrogen-bond donors (Lipinski definition) is 3. The Hall–Kier alpha value is -3.46. The molecule has 0 aromatic heterocycles. The number of benzene rings is 3. The van der Waals surface area contributed by atoms with Crippen LogP contribution in [0.5, 0.6) is 11.5 Å². The molecule has 0 amide bonds. The van der Waals surface area contributed by atoms with E-state index in [1.165, 1.54) is 12.1 Å². The highest BCUT2D eigenvalue weighted by Gasteiger charge is 2.54. The summed E-state index contributed by atoms with van der Waals surface area (Å²) in [5.74, 6) is -1.81. The Labute approximate surface area is 195 Å². The molecule has 0 unspecified atom stereocenters. The van der Waals surface area contributed by atoms with E-state index in [2.05, 4.69) is 0 Å². The van der Waals surface area contributed by atoms with Crippen molar-refractivity contribution in [3.05, 3.63) is 88.0 Å². The van der Waals surface area contributed by atoms with Crippen molar-refractivity contribution in [2.75, 3.05) is 0 Å². The fourth-order valence-corrected chi connectivity index (χ4v) is 5.47. The summed E-state index contributed by atoms with van der Waals surface area (Å²) < 4.78 is 12.5. The van der Waals surface area contributed by atoms with Crippen molar-refractivity contribution in [3.8, 4) is 11.5 Å². The second kappa shape index (κ2) is 7.27. The van der Waals surface area contributed by atoms with Gasteiger partial charge in [-0.1, -0.05) is 54.6 Å². The number of phenols is 2. The molecule has 3 aromatic carbocycles. The third kappa shape index (κ3) is 2.76. The zero-order valence-corrected chi connectivity index (χ0v) is 18.3. The molecule has 1 aliphatic heterocycles. The van der Waals surface area contributed by atoms with E-state index in [0.717, 1.165) is 5.46 Å². The van der Waals surface area contributed by atoms with Gasteiger partial charge in [0.1, 0.15) is 11.5 Å². The molecule has 2 aliphatic carbocycles. The van der Waals surface area contributed by atoms with Gasteiger partial charge in [0.15, 0.2) is 11.6 Å². The van der Waals surface area contributed by atoms with Gasteiger partial charge in [-0.2, -0.15) is 0 Å². The lowest BCUT2D eigenvalue weighted by Crippen LogP contribution is -2.60. The molecule has 0 radical (unpaired) electrons. The summed E-state index contributed by atoms with van der Waals surface area (Å²) in [6.07, 6.45) is -1.45. The number of phenolic OH excluding ortho intramolecular Hbond substituents is 2. The highest BCUT2D eigenvalue weighted by molar-refractivity contribution is 6.61. The number of hydrogen-bond acceptors (Lipinski definition) is 7. The topological polar surface area (TPSA) is 113 Å². The van der Waals surface area contributed by atoms with Crippen molar-refractivity contribution in [2.24, 2.45) is 0 Å².